The minimum atomic E-state index is 0.0640. The van der Waals surface area contributed by atoms with Gasteiger partial charge >= 0.3 is 5.97 Å². The van der Waals surface area contributed by atoms with Crippen molar-refractivity contribution in [3.63, 3.8) is 0 Å². The zero-order valence-corrected chi connectivity index (χ0v) is 18.8. The number of fused-ring (bicyclic) bond motifs is 3. The quantitative estimate of drug-likeness (QED) is 0.282. The largest absolute Gasteiger partial charge is 0.462 e. The minimum Gasteiger partial charge on any atom is -0.462 e. The van der Waals surface area contributed by atoms with E-state index in [1.54, 1.807) is 0 Å². The Kier molecular flexibility index (Phi) is 9.18. The SMILES string of the molecule is CCCCCCC1CCC2C(CCC3CC(OC(=O)CCCCC)CCC32)C1. The highest BCUT2D eigenvalue weighted by atomic mass is 16.5. The zero-order valence-electron chi connectivity index (χ0n) is 18.8. The summed E-state index contributed by atoms with van der Waals surface area (Å²) in [5.41, 5.74) is 0. The van der Waals surface area contributed by atoms with E-state index in [0.717, 1.165) is 55.3 Å². The minimum absolute atomic E-state index is 0.0640. The van der Waals surface area contributed by atoms with Crippen LogP contribution in [0.4, 0.5) is 0 Å². The van der Waals surface area contributed by atoms with E-state index in [-0.39, 0.29) is 12.1 Å². The lowest BCUT2D eigenvalue weighted by Gasteiger charge is -2.50. The van der Waals surface area contributed by atoms with Crippen LogP contribution < -0.4 is 0 Å². The molecule has 0 aliphatic heterocycles. The molecule has 3 aliphatic carbocycles. The molecule has 3 rings (SSSR count). The highest BCUT2D eigenvalue weighted by molar-refractivity contribution is 5.69. The van der Waals surface area contributed by atoms with Gasteiger partial charge in [-0.05, 0) is 81.0 Å². The predicted octanol–water partition coefficient (Wildman–Crippen LogP) is 7.69. The van der Waals surface area contributed by atoms with Crippen molar-refractivity contribution in [3.05, 3.63) is 0 Å². The van der Waals surface area contributed by atoms with Crippen molar-refractivity contribution >= 4 is 5.97 Å². The summed E-state index contributed by atoms with van der Waals surface area (Å²) in [5.74, 6) is 4.87. The Bertz CT molecular complexity index is 459. The topological polar surface area (TPSA) is 26.3 Å². The van der Waals surface area contributed by atoms with E-state index in [2.05, 4.69) is 13.8 Å². The van der Waals surface area contributed by atoms with Crippen molar-refractivity contribution in [2.75, 3.05) is 0 Å². The van der Waals surface area contributed by atoms with E-state index in [9.17, 15) is 4.79 Å². The van der Waals surface area contributed by atoms with Crippen molar-refractivity contribution in [1.29, 1.82) is 0 Å². The molecule has 6 unspecified atom stereocenters. The van der Waals surface area contributed by atoms with Crippen LogP contribution in [0.15, 0.2) is 0 Å². The molecule has 0 aromatic rings. The van der Waals surface area contributed by atoms with Gasteiger partial charge in [0.1, 0.15) is 6.10 Å². The Balaban J connectivity index is 1.40. The highest BCUT2D eigenvalue weighted by Crippen LogP contribution is 2.53. The molecule has 2 heteroatoms. The molecule has 0 amide bonds. The monoisotopic (exact) mass is 390 g/mol. The fraction of sp³-hybridized carbons (Fsp3) is 0.962. The molecule has 2 nitrogen and oxygen atoms in total. The fourth-order valence-corrected chi connectivity index (χ4v) is 6.84. The first-order chi connectivity index (χ1) is 13.7. The maximum absolute atomic E-state index is 12.1. The summed E-state index contributed by atoms with van der Waals surface area (Å²) in [6.45, 7) is 4.49. The Morgan fingerprint density at radius 1 is 0.750 bits per heavy atom. The number of hydrogen-bond acceptors (Lipinski definition) is 2. The molecule has 3 aliphatic rings. The molecular formula is C26H46O2. The van der Waals surface area contributed by atoms with Crippen LogP contribution in [0.1, 0.15) is 123 Å². The number of ether oxygens (including phenoxy) is 1. The van der Waals surface area contributed by atoms with Gasteiger partial charge in [-0.25, -0.2) is 0 Å². The van der Waals surface area contributed by atoms with Gasteiger partial charge in [-0.1, -0.05) is 65.2 Å². The van der Waals surface area contributed by atoms with Crippen molar-refractivity contribution in [3.8, 4) is 0 Å². The van der Waals surface area contributed by atoms with Gasteiger partial charge in [0.05, 0.1) is 0 Å². The average molecular weight is 391 g/mol. The molecule has 0 aromatic heterocycles. The summed E-state index contributed by atoms with van der Waals surface area (Å²) in [4.78, 5) is 12.1. The number of carbonyl (C=O) groups is 1. The average Bonchev–Trinajstić information content (AvgIpc) is 2.71. The fourth-order valence-electron chi connectivity index (χ4n) is 6.84. The summed E-state index contributed by atoms with van der Waals surface area (Å²) in [7, 11) is 0. The first kappa shape index (κ1) is 22.2. The number of hydrogen-bond donors (Lipinski definition) is 0. The lowest BCUT2D eigenvalue weighted by molar-refractivity contribution is -0.153. The van der Waals surface area contributed by atoms with Crippen LogP contribution in [0, 0.1) is 29.6 Å². The molecule has 3 fully saturated rings. The lowest BCUT2D eigenvalue weighted by atomic mass is 9.56. The standard InChI is InChI=1S/C26H46O2/c1-3-5-7-9-10-20-12-16-24-21(18-20)13-14-22-19-23(15-17-25(22)24)28-26(27)11-8-6-4-2/h20-25H,3-19H2,1-2H3. The van der Waals surface area contributed by atoms with Gasteiger partial charge in [0.15, 0.2) is 0 Å². The van der Waals surface area contributed by atoms with Crippen molar-refractivity contribution in [2.45, 2.75) is 129 Å². The molecule has 3 saturated carbocycles. The van der Waals surface area contributed by atoms with Crippen LogP contribution in [0.2, 0.25) is 0 Å². The number of carbonyl (C=O) groups excluding carboxylic acids is 1. The number of esters is 1. The molecule has 0 saturated heterocycles. The van der Waals surface area contributed by atoms with E-state index in [0.29, 0.717) is 6.42 Å². The van der Waals surface area contributed by atoms with E-state index in [1.807, 2.05) is 0 Å². The smallest absolute Gasteiger partial charge is 0.306 e. The van der Waals surface area contributed by atoms with Crippen LogP contribution in [0.5, 0.6) is 0 Å². The van der Waals surface area contributed by atoms with Crippen molar-refractivity contribution < 1.29 is 9.53 Å². The number of rotatable bonds is 10. The van der Waals surface area contributed by atoms with Crippen LogP contribution in [-0.2, 0) is 9.53 Å². The van der Waals surface area contributed by atoms with Gasteiger partial charge in [-0.2, -0.15) is 0 Å². The summed E-state index contributed by atoms with van der Waals surface area (Å²) in [6, 6.07) is 0. The van der Waals surface area contributed by atoms with Gasteiger partial charge < -0.3 is 4.74 Å². The third kappa shape index (κ3) is 6.23. The van der Waals surface area contributed by atoms with Gasteiger partial charge in [0.2, 0.25) is 0 Å². The Morgan fingerprint density at radius 2 is 1.43 bits per heavy atom. The van der Waals surface area contributed by atoms with Crippen LogP contribution in [-0.4, -0.2) is 12.1 Å². The first-order valence-corrected chi connectivity index (χ1v) is 12.9. The van der Waals surface area contributed by atoms with Gasteiger partial charge in [-0.3, -0.25) is 4.79 Å². The molecule has 0 spiro atoms. The van der Waals surface area contributed by atoms with E-state index in [1.165, 1.54) is 77.0 Å². The van der Waals surface area contributed by atoms with Crippen LogP contribution in [0.25, 0.3) is 0 Å². The second-order valence-corrected chi connectivity index (χ2v) is 10.3. The summed E-state index contributed by atoms with van der Waals surface area (Å²) >= 11 is 0. The summed E-state index contributed by atoms with van der Waals surface area (Å²) < 4.78 is 5.87. The Morgan fingerprint density at radius 3 is 2.18 bits per heavy atom. The number of unbranched alkanes of at least 4 members (excludes halogenated alkanes) is 5. The molecule has 0 heterocycles. The molecule has 0 aromatic carbocycles. The van der Waals surface area contributed by atoms with Crippen molar-refractivity contribution in [2.24, 2.45) is 29.6 Å². The zero-order chi connectivity index (χ0) is 19.8. The molecule has 0 radical (unpaired) electrons. The second-order valence-electron chi connectivity index (χ2n) is 10.3. The third-order valence-corrected chi connectivity index (χ3v) is 8.35. The predicted molar refractivity (Wildman–Crippen MR) is 117 cm³/mol. The van der Waals surface area contributed by atoms with Crippen LogP contribution >= 0.6 is 0 Å². The molecule has 162 valence electrons. The van der Waals surface area contributed by atoms with Crippen molar-refractivity contribution in [1.82, 2.24) is 0 Å². The second kappa shape index (κ2) is 11.6. The maximum atomic E-state index is 12.1. The van der Waals surface area contributed by atoms with Gasteiger partial charge in [0, 0.05) is 6.42 Å². The molecule has 28 heavy (non-hydrogen) atoms. The highest BCUT2D eigenvalue weighted by Gasteiger charge is 2.44. The summed E-state index contributed by atoms with van der Waals surface area (Å²) in [6.07, 6.45) is 22.3. The van der Waals surface area contributed by atoms with Crippen LogP contribution in [0.3, 0.4) is 0 Å². The lowest BCUT2D eigenvalue weighted by Crippen LogP contribution is -2.43. The summed E-state index contributed by atoms with van der Waals surface area (Å²) in [5, 5.41) is 0. The van der Waals surface area contributed by atoms with Gasteiger partial charge in [-0.15, -0.1) is 0 Å². The third-order valence-electron chi connectivity index (χ3n) is 8.35. The molecule has 0 bridgehead atoms. The molecule has 6 atom stereocenters. The first-order valence-electron chi connectivity index (χ1n) is 12.9. The maximum Gasteiger partial charge on any atom is 0.306 e. The van der Waals surface area contributed by atoms with Gasteiger partial charge in [0.25, 0.3) is 0 Å². The van der Waals surface area contributed by atoms with E-state index < -0.39 is 0 Å². The Labute approximate surface area is 174 Å². The van der Waals surface area contributed by atoms with E-state index >= 15 is 0 Å². The Hall–Kier alpha value is -0.530. The molecular weight excluding hydrogens is 344 g/mol. The molecule has 0 N–H and O–H groups in total. The normalized spacial score (nSPS) is 35.1. The van der Waals surface area contributed by atoms with E-state index in [4.69, 9.17) is 4.74 Å².